The van der Waals surface area contributed by atoms with Crippen molar-refractivity contribution in [3.8, 4) is 17.0 Å². The number of nitrogens with zero attached hydrogens (tertiary/aromatic N) is 1. The summed E-state index contributed by atoms with van der Waals surface area (Å²) in [5, 5.41) is 9.33. The van der Waals surface area contributed by atoms with Crippen LogP contribution < -0.4 is 0 Å². The average Bonchev–Trinajstić information content (AvgIpc) is 2.80. The first-order valence-corrected chi connectivity index (χ1v) is 6.62. The van der Waals surface area contributed by atoms with E-state index in [0.29, 0.717) is 6.61 Å². The molecule has 2 heterocycles. The van der Waals surface area contributed by atoms with E-state index in [4.69, 9.17) is 9.47 Å². The molecule has 2 aromatic rings. The van der Waals surface area contributed by atoms with Crippen molar-refractivity contribution < 1.29 is 14.6 Å². The zero-order chi connectivity index (χ0) is 14.2. The zero-order valence-corrected chi connectivity index (χ0v) is 11.5. The monoisotopic (exact) mass is 271 g/mol. The molecule has 3 rings (SSSR count). The number of benzene rings is 1. The smallest absolute Gasteiger partial charge is 0.163 e. The highest BCUT2D eigenvalue weighted by Gasteiger charge is 2.34. The van der Waals surface area contributed by atoms with Crippen molar-refractivity contribution in [3.63, 3.8) is 0 Å². The average molecular weight is 271 g/mol. The Labute approximate surface area is 118 Å². The molecule has 1 aliphatic rings. The van der Waals surface area contributed by atoms with Crippen LogP contribution in [0.2, 0.25) is 0 Å². The van der Waals surface area contributed by atoms with E-state index in [0.717, 1.165) is 17.0 Å². The molecule has 0 saturated carbocycles. The van der Waals surface area contributed by atoms with Crippen LogP contribution in [0.5, 0.6) is 5.75 Å². The first-order chi connectivity index (χ1) is 9.53. The maximum atomic E-state index is 9.33. The molecular formula is C16H17NO3. The summed E-state index contributed by atoms with van der Waals surface area (Å²) in [4.78, 5) is 4.63. The van der Waals surface area contributed by atoms with E-state index in [9.17, 15) is 5.11 Å². The summed E-state index contributed by atoms with van der Waals surface area (Å²) in [5.41, 5.74) is 2.68. The lowest BCUT2D eigenvalue weighted by atomic mass is 10.1. The minimum atomic E-state index is -0.555. The van der Waals surface area contributed by atoms with E-state index in [1.807, 2.05) is 44.2 Å². The van der Waals surface area contributed by atoms with Crippen LogP contribution in [-0.4, -0.2) is 22.5 Å². The van der Waals surface area contributed by atoms with Gasteiger partial charge in [0.2, 0.25) is 0 Å². The number of phenols is 1. The Hall–Kier alpha value is -1.91. The van der Waals surface area contributed by atoms with E-state index >= 15 is 0 Å². The normalized spacial score (nSPS) is 21.0. The molecule has 1 aromatic carbocycles. The summed E-state index contributed by atoms with van der Waals surface area (Å²) in [6.45, 7) is 4.31. The summed E-state index contributed by atoms with van der Waals surface area (Å²) in [6, 6.07) is 12.8. The second-order valence-electron chi connectivity index (χ2n) is 5.31. The zero-order valence-electron chi connectivity index (χ0n) is 11.5. The number of rotatable bonds is 2. The number of hydrogen-bond acceptors (Lipinski definition) is 4. The highest BCUT2D eigenvalue weighted by molar-refractivity contribution is 5.60. The van der Waals surface area contributed by atoms with Gasteiger partial charge in [0.25, 0.3) is 0 Å². The molecule has 0 amide bonds. The Balaban J connectivity index is 1.88. The maximum Gasteiger partial charge on any atom is 0.163 e. The second-order valence-corrected chi connectivity index (χ2v) is 5.31. The highest BCUT2D eigenvalue weighted by atomic mass is 16.7. The van der Waals surface area contributed by atoms with Crippen molar-refractivity contribution in [2.75, 3.05) is 6.61 Å². The van der Waals surface area contributed by atoms with Gasteiger partial charge in [0, 0.05) is 5.56 Å². The van der Waals surface area contributed by atoms with Crippen LogP contribution in [0.3, 0.4) is 0 Å². The quantitative estimate of drug-likeness (QED) is 0.910. The molecule has 0 aliphatic carbocycles. The molecule has 1 N–H and O–H groups in total. The first-order valence-electron chi connectivity index (χ1n) is 6.62. The van der Waals surface area contributed by atoms with E-state index in [1.54, 1.807) is 12.1 Å². The van der Waals surface area contributed by atoms with E-state index in [-0.39, 0.29) is 11.9 Å². The molecule has 1 fully saturated rings. The molecular weight excluding hydrogens is 254 g/mol. The van der Waals surface area contributed by atoms with Gasteiger partial charge in [-0.2, -0.15) is 0 Å². The Morgan fingerprint density at radius 3 is 2.55 bits per heavy atom. The van der Waals surface area contributed by atoms with Crippen LogP contribution in [0, 0.1) is 0 Å². The summed E-state index contributed by atoms with van der Waals surface area (Å²) in [6.07, 6.45) is -0.137. The summed E-state index contributed by atoms with van der Waals surface area (Å²) >= 11 is 0. The number of phenolic OH excluding ortho intramolecular Hbond substituents is 1. The predicted molar refractivity (Wildman–Crippen MR) is 75.2 cm³/mol. The van der Waals surface area contributed by atoms with Crippen LogP contribution in [-0.2, 0) is 9.47 Å². The van der Waals surface area contributed by atoms with Gasteiger partial charge in [-0.3, -0.25) is 0 Å². The van der Waals surface area contributed by atoms with Gasteiger partial charge in [0.05, 0.1) is 18.0 Å². The van der Waals surface area contributed by atoms with Crippen molar-refractivity contribution >= 4 is 0 Å². The molecule has 1 aliphatic heterocycles. The summed E-state index contributed by atoms with van der Waals surface area (Å²) in [7, 11) is 0. The van der Waals surface area contributed by atoms with Crippen LogP contribution in [0.1, 0.15) is 25.6 Å². The van der Waals surface area contributed by atoms with Crippen molar-refractivity contribution in [1.29, 1.82) is 0 Å². The van der Waals surface area contributed by atoms with Gasteiger partial charge in [-0.25, -0.2) is 4.98 Å². The van der Waals surface area contributed by atoms with Gasteiger partial charge < -0.3 is 14.6 Å². The Morgan fingerprint density at radius 2 is 1.90 bits per heavy atom. The minimum Gasteiger partial charge on any atom is -0.508 e. The summed E-state index contributed by atoms with van der Waals surface area (Å²) in [5.74, 6) is -0.305. The van der Waals surface area contributed by atoms with Gasteiger partial charge in [-0.1, -0.05) is 6.07 Å². The van der Waals surface area contributed by atoms with E-state index in [2.05, 4.69) is 4.98 Å². The van der Waals surface area contributed by atoms with Crippen LogP contribution in [0.25, 0.3) is 11.3 Å². The molecule has 0 spiro atoms. The number of ether oxygens (including phenoxy) is 2. The Bertz CT molecular complexity index is 607. The molecule has 1 atom stereocenters. The third-order valence-electron chi connectivity index (χ3n) is 3.27. The largest absolute Gasteiger partial charge is 0.508 e. The number of aromatic hydroxyl groups is 1. The lowest BCUT2D eigenvalue weighted by Crippen LogP contribution is -2.19. The maximum absolute atomic E-state index is 9.33. The van der Waals surface area contributed by atoms with Gasteiger partial charge in [-0.15, -0.1) is 0 Å². The fraction of sp³-hybridized carbons (Fsp3) is 0.312. The lowest BCUT2D eigenvalue weighted by molar-refractivity contribution is -0.139. The molecule has 0 radical (unpaired) electrons. The van der Waals surface area contributed by atoms with E-state index < -0.39 is 5.79 Å². The van der Waals surface area contributed by atoms with Crippen molar-refractivity contribution in [2.45, 2.75) is 25.7 Å². The lowest BCUT2D eigenvalue weighted by Gasteiger charge is -2.17. The van der Waals surface area contributed by atoms with Gasteiger partial charge in [0.1, 0.15) is 11.9 Å². The number of pyridine rings is 1. The first kappa shape index (κ1) is 13.1. The fourth-order valence-corrected chi connectivity index (χ4v) is 2.26. The number of hydrogen-bond donors (Lipinski definition) is 1. The number of aromatic nitrogens is 1. The molecule has 0 unspecified atom stereocenters. The van der Waals surface area contributed by atoms with Crippen molar-refractivity contribution in [3.05, 3.63) is 48.2 Å². The van der Waals surface area contributed by atoms with Crippen molar-refractivity contribution in [1.82, 2.24) is 4.98 Å². The predicted octanol–water partition coefficient (Wildman–Crippen LogP) is 3.28. The standard InChI is InChI=1S/C16H17NO3/c1-16(2)19-10-15(20-16)14-5-3-4-13(17-14)11-6-8-12(18)9-7-11/h3-9,15,18H,10H2,1-2H3/t15-/m1/s1. The molecule has 1 aromatic heterocycles. The molecule has 0 bridgehead atoms. The fourth-order valence-electron chi connectivity index (χ4n) is 2.26. The van der Waals surface area contributed by atoms with Crippen LogP contribution >= 0.6 is 0 Å². The molecule has 104 valence electrons. The van der Waals surface area contributed by atoms with Crippen LogP contribution in [0.4, 0.5) is 0 Å². The molecule has 1 saturated heterocycles. The van der Waals surface area contributed by atoms with Crippen molar-refractivity contribution in [2.24, 2.45) is 0 Å². The van der Waals surface area contributed by atoms with E-state index in [1.165, 1.54) is 0 Å². The third-order valence-corrected chi connectivity index (χ3v) is 3.27. The van der Waals surface area contributed by atoms with Gasteiger partial charge in [-0.05, 0) is 50.2 Å². The minimum absolute atomic E-state index is 0.137. The highest BCUT2D eigenvalue weighted by Crippen LogP contribution is 2.32. The Kier molecular flexibility index (Phi) is 3.20. The summed E-state index contributed by atoms with van der Waals surface area (Å²) < 4.78 is 11.4. The third kappa shape index (κ3) is 2.66. The molecule has 4 heteroatoms. The molecule has 20 heavy (non-hydrogen) atoms. The van der Waals surface area contributed by atoms with Crippen LogP contribution in [0.15, 0.2) is 42.5 Å². The second kappa shape index (κ2) is 4.89. The molecule has 4 nitrogen and oxygen atoms in total. The Morgan fingerprint density at radius 1 is 1.15 bits per heavy atom. The van der Waals surface area contributed by atoms with Gasteiger partial charge >= 0.3 is 0 Å². The topological polar surface area (TPSA) is 51.6 Å². The van der Waals surface area contributed by atoms with Gasteiger partial charge in [0.15, 0.2) is 5.79 Å². The SMILES string of the molecule is CC1(C)OC[C@H](c2cccc(-c3ccc(O)cc3)n2)O1.